The number of hydrogen-bond acceptors (Lipinski definition) is 5. The maximum atomic E-state index is 13.0. The fourth-order valence-corrected chi connectivity index (χ4v) is 4.39. The van der Waals surface area contributed by atoms with Gasteiger partial charge in [0.25, 0.3) is 0 Å². The number of urea groups is 1. The fraction of sp³-hybridized carbons (Fsp3) is 0.500. The Bertz CT molecular complexity index is 831. The molecule has 1 N–H and O–H groups in total. The molecular formula is C22H28N2O4S. The van der Waals surface area contributed by atoms with Gasteiger partial charge < -0.3 is 24.4 Å². The zero-order chi connectivity index (χ0) is 20.3. The third-order valence-electron chi connectivity index (χ3n) is 5.50. The number of benzene rings is 1. The Balaban J connectivity index is 1.40. The molecule has 2 aliphatic heterocycles. The second-order valence-corrected chi connectivity index (χ2v) is 9.24. The SMILES string of the molecule is CC(C)(CNC(=O)N(Cc1cccs1)CC1CCCO1)c1ccc2c(c1)OCO2. The monoisotopic (exact) mass is 416 g/mol. The van der Waals surface area contributed by atoms with E-state index in [1.807, 2.05) is 34.5 Å². The minimum absolute atomic E-state index is 0.0530. The first-order chi connectivity index (χ1) is 14.0. The molecule has 0 aliphatic carbocycles. The normalized spacial score (nSPS) is 18.1. The molecule has 0 radical (unpaired) electrons. The summed E-state index contributed by atoms with van der Waals surface area (Å²) in [6, 6.07) is 10.0. The van der Waals surface area contributed by atoms with Crippen molar-refractivity contribution >= 4 is 17.4 Å². The molecule has 1 atom stereocenters. The van der Waals surface area contributed by atoms with Gasteiger partial charge in [0.2, 0.25) is 6.79 Å². The maximum absolute atomic E-state index is 13.0. The second kappa shape index (κ2) is 8.63. The first kappa shape index (κ1) is 20.0. The van der Waals surface area contributed by atoms with Crippen molar-refractivity contribution in [3.8, 4) is 11.5 Å². The Hall–Kier alpha value is -2.25. The molecule has 29 heavy (non-hydrogen) atoms. The van der Waals surface area contributed by atoms with Crippen LogP contribution < -0.4 is 14.8 Å². The largest absolute Gasteiger partial charge is 0.454 e. The molecule has 0 saturated carbocycles. The molecule has 2 aliphatic rings. The molecule has 1 aromatic heterocycles. The predicted molar refractivity (Wildman–Crippen MR) is 113 cm³/mol. The van der Waals surface area contributed by atoms with Crippen molar-refractivity contribution in [3.63, 3.8) is 0 Å². The van der Waals surface area contributed by atoms with E-state index in [-0.39, 0.29) is 24.3 Å². The van der Waals surface area contributed by atoms with Crippen molar-refractivity contribution in [3.05, 3.63) is 46.2 Å². The quantitative estimate of drug-likeness (QED) is 0.737. The molecular weight excluding hydrogens is 388 g/mol. The van der Waals surface area contributed by atoms with Crippen LogP contribution in [0, 0.1) is 0 Å². The van der Waals surface area contributed by atoms with Gasteiger partial charge >= 0.3 is 6.03 Å². The van der Waals surface area contributed by atoms with Gasteiger partial charge in [0, 0.05) is 30.0 Å². The van der Waals surface area contributed by atoms with E-state index in [0.29, 0.717) is 19.6 Å². The summed E-state index contributed by atoms with van der Waals surface area (Å²) in [5.74, 6) is 1.53. The lowest BCUT2D eigenvalue weighted by Gasteiger charge is -2.30. The molecule has 3 heterocycles. The summed E-state index contributed by atoms with van der Waals surface area (Å²) in [4.78, 5) is 16.1. The molecule has 4 rings (SSSR count). The number of thiophene rings is 1. The number of rotatable bonds is 7. The average molecular weight is 417 g/mol. The van der Waals surface area contributed by atoms with Gasteiger partial charge in [0.1, 0.15) is 0 Å². The van der Waals surface area contributed by atoms with E-state index in [1.165, 1.54) is 4.88 Å². The van der Waals surface area contributed by atoms with Gasteiger partial charge in [0.15, 0.2) is 11.5 Å². The van der Waals surface area contributed by atoms with Crippen LogP contribution in [0.25, 0.3) is 0 Å². The third-order valence-corrected chi connectivity index (χ3v) is 6.36. The number of carbonyl (C=O) groups excluding carboxylic acids is 1. The van der Waals surface area contributed by atoms with E-state index in [2.05, 4.69) is 25.2 Å². The summed E-state index contributed by atoms with van der Waals surface area (Å²) < 4.78 is 16.7. The predicted octanol–water partition coefficient (Wildman–Crippen LogP) is 4.15. The van der Waals surface area contributed by atoms with Gasteiger partial charge in [-0.25, -0.2) is 4.79 Å². The molecule has 7 heteroatoms. The van der Waals surface area contributed by atoms with E-state index in [0.717, 1.165) is 36.5 Å². The average Bonchev–Trinajstić information content (AvgIpc) is 3.47. The molecule has 1 unspecified atom stereocenters. The fourth-order valence-electron chi connectivity index (χ4n) is 3.67. The number of fused-ring (bicyclic) bond motifs is 1. The molecule has 2 aromatic rings. The maximum Gasteiger partial charge on any atom is 0.317 e. The van der Waals surface area contributed by atoms with Crippen molar-refractivity contribution in [2.24, 2.45) is 0 Å². The summed E-state index contributed by atoms with van der Waals surface area (Å²) in [6.07, 6.45) is 2.20. The van der Waals surface area contributed by atoms with Crippen LogP contribution in [0.15, 0.2) is 35.7 Å². The summed E-state index contributed by atoms with van der Waals surface area (Å²) in [6.45, 7) is 7.04. The zero-order valence-corrected chi connectivity index (χ0v) is 17.8. The molecule has 1 fully saturated rings. The Morgan fingerprint density at radius 3 is 2.90 bits per heavy atom. The van der Waals surface area contributed by atoms with Crippen molar-refractivity contribution in [1.82, 2.24) is 10.2 Å². The first-order valence-electron chi connectivity index (χ1n) is 10.1. The molecule has 156 valence electrons. The lowest BCUT2D eigenvalue weighted by Crippen LogP contribution is -2.46. The van der Waals surface area contributed by atoms with Crippen molar-refractivity contribution in [2.45, 2.75) is 44.8 Å². The smallest absolute Gasteiger partial charge is 0.317 e. The lowest BCUT2D eigenvalue weighted by molar-refractivity contribution is 0.0795. The van der Waals surface area contributed by atoms with E-state index in [4.69, 9.17) is 14.2 Å². The van der Waals surface area contributed by atoms with Crippen LogP contribution in [-0.2, 0) is 16.7 Å². The van der Waals surface area contributed by atoms with Crippen LogP contribution in [0.4, 0.5) is 4.79 Å². The lowest BCUT2D eigenvalue weighted by atomic mass is 9.84. The summed E-state index contributed by atoms with van der Waals surface area (Å²) in [5.41, 5.74) is 0.862. The highest BCUT2D eigenvalue weighted by Crippen LogP contribution is 2.36. The van der Waals surface area contributed by atoms with Crippen molar-refractivity contribution in [1.29, 1.82) is 0 Å². The minimum atomic E-state index is -0.241. The van der Waals surface area contributed by atoms with E-state index in [1.54, 1.807) is 11.3 Å². The number of nitrogens with zero attached hydrogens (tertiary/aromatic N) is 1. The summed E-state index contributed by atoms with van der Waals surface area (Å²) in [7, 11) is 0. The third kappa shape index (κ3) is 4.85. The molecule has 1 aromatic carbocycles. The number of ether oxygens (including phenoxy) is 3. The van der Waals surface area contributed by atoms with Crippen LogP contribution >= 0.6 is 11.3 Å². The number of hydrogen-bond donors (Lipinski definition) is 1. The Morgan fingerprint density at radius 1 is 1.28 bits per heavy atom. The van der Waals surface area contributed by atoms with Crippen LogP contribution in [0.1, 0.15) is 37.1 Å². The van der Waals surface area contributed by atoms with Crippen LogP contribution in [0.3, 0.4) is 0 Å². The summed E-state index contributed by atoms with van der Waals surface area (Å²) >= 11 is 1.67. The van der Waals surface area contributed by atoms with Crippen molar-refractivity contribution < 1.29 is 19.0 Å². The molecule has 2 amide bonds. The van der Waals surface area contributed by atoms with Gasteiger partial charge in [-0.05, 0) is 42.0 Å². The Labute approximate surface area is 175 Å². The van der Waals surface area contributed by atoms with Crippen LogP contribution in [0.2, 0.25) is 0 Å². The van der Waals surface area contributed by atoms with Gasteiger partial charge in [-0.3, -0.25) is 0 Å². The van der Waals surface area contributed by atoms with Gasteiger partial charge in [-0.2, -0.15) is 0 Å². The Morgan fingerprint density at radius 2 is 2.14 bits per heavy atom. The molecule has 0 bridgehead atoms. The van der Waals surface area contributed by atoms with Crippen molar-refractivity contribution in [2.75, 3.05) is 26.5 Å². The second-order valence-electron chi connectivity index (χ2n) is 8.21. The number of amides is 2. The van der Waals surface area contributed by atoms with Gasteiger partial charge in [-0.1, -0.05) is 26.0 Å². The highest BCUT2D eigenvalue weighted by molar-refractivity contribution is 7.09. The first-order valence-corrected chi connectivity index (χ1v) is 11.0. The molecule has 6 nitrogen and oxygen atoms in total. The van der Waals surface area contributed by atoms with Gasteiger partial charge in [0.05, 0.1) is 12.6 Å². The minimum Gasteiger partial charge on any atom is -0.454 e. The van der Waals surface area contributed by atoms with Gasteiger partial charge in [-0.15, -0.1) is 11.3 Å². The summed E-state index contributed by atoms with van der Waals surface area (Å²) in [5, 5.41) is 5.18. The number of nitrogens with one attached hydrogen (secondary N) is 1. The molecule has 0 spiro atoms. The van der Waals surface area contributed by atoms with Crippen LogP contribution in [0.5, 0.6) is 11.5 Å². The topological polar surface area (TPSA) is 60.0 Å². The van der Waals surface area contributed by atoms with Crippen LogP contribution in [-0.4, -0.2) is 43.5 Å². The zero-order valence-electron chi connectivity index (χ0n) is 17.0. The Kier molecular flexibility index (Phi) is 5.96. The van der Waals surface area contributed by atoms with E-state index >= 15 is 0 Å². The highest BCUT2D eigenvalue weighted by Gasteiger charge is 2.27. The van der Waals surface area contributed by atoms with E-state index < -0.39 is 0 Å². The standard InChI is InChI=1S/C22H28N2O4S/c1-22(2,16-7-8-19-20(11-16)28-15-27-19)14-23-21(25)24(12-17-5-3-9-26-17)13-18-6-4-10-29-18/h4,6-8,10-11,17H,3,5,9,12-15H2,1-2H3,(H,23,25). The highest BCUT2D eigenvalue weighted by atomic mass is 32.1. The molecule has 1 saturated heterocycles. The number of carbonyl (C=O) groups is 1. The van der Waals surface area contributed by atoms with E-state index in [9.17, 15) is 4.79 Å².